The molecule has 90 valence electrons. The smallest absolute Gasteiger partial charge is 0.296 e. The number of hydrogen-bond acceptors (Lipinski definition) is 5. The van der Waals surface area contributed by atoms with Crippen molar-refractivity contribution in [3.63, 3.8) is 0 Å². The van der Waals surface area contributed by atoms with Crippen LogP contribution in [0.3, 0.4) is 0 Å². The summed E-state index contributed by atoms with van der Waals surface area (Å²) in [5.41, 5.74) is 4.73. The Hall–Kier alpha value is -0.870. The summed E-state index contributed by atoms with van der Waals surface area (Å²) in [6, 6.07) is 1.27. The highest BCUT2D eigenvalue weighted by Gasteiger charge is 2.21. The minimum absolute atomic E-state index is 0.414. The Kier molecular flexibility index (Phi) is 3.18. The second kappa shape index (κ2) is 3.86. The quantitative estimate of drug-likeness (QED) is 0.529. The first-order chi connectivity index (χ1) is 7.03. The molecule has 0 unspecified atom stereocenters. The normalized spacial score (nSPS) is 12.7. The molecule has 0 fully saturated rings. The first-order valence-corrected chi connectivity index (χ1v) is 6.83. The molecule has 10 heteroatoms. The standard InChI is InChI=1S/C6H6ClNO6S2/c7-4-1-3(15(9,10)11)2-5(6(4)8)16(12,13)14/h1-2H,8H2,(H,9,10,11)(H,12,13,14). The van der Waals surface area contributed by atoms with E-state index in [9.17, 15) is 16.8 Å². The van der Waals surface area contributed by atoms with Gasteiger partial charge in [-0.25, -0.2) is 0 Å². The summed E-state index contributed by atoms with van der Waals surface area (Å²) < 4.78 is 60.6. The minimum Gasteiger partial charge on any atom is -0.396 e. The van der Waals surface area contributed by atoms with Gasteiger partial charge in [0.15, 0.2) is 0 Å². The topological polar surface area (TPSA) is 135 Å². The Morgan fingerprint density at radius 1 is 1.06 bits per heavy atom. The van der Waals surface area contributed by atoms with Gasteiger partial charge in [0.2, 0.25) is 0 Å². The van der Waals surface area contributed by atoms with Gasteiger partial charge in [-0.05, 0) is 12.1 Å². The summed E-state index contributed by atoms with van der Waals surface area (Å²) in [4.78, 5) is -1.66. The van der Waals surface area contributed by atoms with Crippen LogP contribution in [0.25, 0.3) is 0 Å². The van der Waals surface area contributed by atoms with Gasteiger partial charge in [-0.2, -0.15) is 16.8 Å². The molecule has 7 nitrogen and oxygen atoms in total. The molecule has 0 aromatic heterocycles. The van der Waals surface area contributed by atoms with E-state index in [0.717, 1.165) is 6.07 Å². The van der Waals surface area contributed by atoms with Gasteiger partial charge < -0.3 is 5.73 Å². The van der Waals surface area contributed by atoms with Crippen molar-refractivity contribution in [3.05, 3.63) is 17.2 Å². The van der Waals surface area contributed by atoms with Crippen molar-refractivity contribution in [2.24, 2.45) is 0 Å². The molecule has 1 aromatic carbocycles. The van der Waals surface area contributed by atoms with Crippen LogP contribution in [0.15, 0.2) is 21.9 Å². The molecule has 4 N–H and O–H groups in total. The van der Waals surface area contributed by atoms with E-state index >= 15 is 0 Å². The molecular formula is C6H6ClNO6S2. The molecular weight excluding hydrogens is 282 g/mol. The van der Waals surface area contributed by atoms with E-state index < -0.39 is 40.7 Å². The van der Waals surface area contributed by atoms with Crippen molar-refractivity contribution in [2.45, 2.75) is 9.79 Å². The Labute approximate surface area is 96.3 Å². The third-order valence-electron chi connectivity index (χ3n) is 1.64. The van der Waals surface area contributed by atoms with E-state index in [1.54, 1.807) is 0 Å². The maximum Gasteiger partial charge on any atom is 0.296 e. The highest BCUT2D eigenvalue weighted by Crippen LogP contribution is 2.30. The third kappa shape index (κ3) is 2.62. The molecule has 0 aliphatic carbocycles. The number of nitrogens with two attached hydrogens (primary N) is 1. The van der Waals surface area contributed by atoms with Gasteiger partial charge in [0, 0.05) is 0 Å². The van der Waals surface area contributed by atoms with Gasteiger partial charge in [0.1, 0.15) is 4.90 Å². The Bertz CT molecular complexity index is 635. The molecule has 0 atom stereocenters. The lowest BCUT2D eigenvalue weighted by molar-refractivity contribution is 0.481. The van der Waals surface area contributed by atoms with Crippen LogP contribution >= 0.6 is 11.6 Å². The van der Waals surface area contributed by atoms with Crippen LogP contribution in [0.1, 0.15) is 0 Å². The van der Waals surface area contributed by atoms with Crippen molar-refractivity contribution < 1.29 is 25.9 Å². The Morgan fingerprint density at radius 3 is 1.94 bits per heavy atom. The van der Waals surface area contributed by atoms with Crippen molar-refractivity contribution in [1.29, 1.82) is 0 Å². The lowest BCUT2D eigenvalue weighted by atomic mass is 10.3. The van der Waals surface area contributed by atoms with Crippen LogP contribution in [0, 0.1) is 0 Å². The highest BCUT2D eigenvalue weighted by atomic mass is 35.5. The lowest BCUT2D eigenvalue weighted by Gasteiger charge is -2.06. The molecule has 0 aliphatic rings. The first kappa shape index (κ1) is 13.2. The molecule has 0 spiro atoms. The fraction of sp³-hybridized carbons (Fsp3) is 0. The van der Waals surface area contributed by atoms with Crippen molar-refractivity contribution in [2.75, 3.05) is 5.73 Å². The maximum absolute atomic E-state index is 10.8. The fourth-order valence-corrected chi connectivity index (χ4v) is 2.54. The summed E-state index contributed by atoms with van der Waals surface area (Å²) in [6.07, 6.45) is 0. The largest absolute Gasteiger partial charge is 0.396 e. The zero-order chi connectivity index (χ0) is 12.7. The second-order valence-electron chi connectivity index (χ2n) is 2.77. The number of rotatable bonds is 2. The predicted octanol–water partition coefficient (Wildman–Crippen LogP) is 0.416. The van der Waals surface area contributed by atoms with Crippen LogP contribution in [-0.4, -0.2) is 25.9 Å². The molecule has 0 amide bonds. The number of nitrogen functional groups attached to an aromatic ring is 1. The molecule has 0 heterocycles. The lowest BCUT2D eigenvalue weighted by Crippen LogP contribution is -2.07. The highest BCUT2D eigenvalue weighted by molar-refractivity contribution is 7.86. The number of hydrogen-bond donors (Lipinski definition) is 3. The van der Waals surface area contributed by atoms with Crippen molar-refractivity contribution >= 4 is 37.5 Å². The Balaban J connectivity index is 3.72. The summed E-state index contributed by atoms with van der Waals surface area (Å²) in [6.45, 7) is 0. The average Bonchev–Trinajstić information content (AvgIpc) is 2.05. The molecule has 0 bridgehead atoms. The second-order valence-corrected chi connectivity index (χ2v) is 5.99. The first-order valence-electron chi connectivity index (χ1n) is 3.57. The minimum atomic E-state index is -4.72. The van der Waals surface area contributed by atoms with Crippen LogP contribution in [0.4, 0.5) is 5.69 Å². The van der Waals surface area contributed by atoms with Gasteiger partial charge >= 0.3 is 0 Å². The van der Waals surface area contributed by atoms with Crippen LogP contribution in [0.2, 0.25) is 5.02 Å². The van der Waals surface area contributed by atoms with Crippen molar-refractivity contribution in [3.8, 4) is 0 Å². The van der Waals surface area contributed by atoms with Gasteiger partial charge in [0.25, 0.3) is 20.2 Å². The van der Waals surface area contributed by atoms with E-state index in [0.29, 0.717) is 6.07 Å². The number of anilines is 1. The molecule has 0 saturated heterocycles. The monoisotopic (exact) mass is 287 g/mol. The summed E-state index contributed by atoms with van der Waals surface area (Å²) in [5.74, 6) is 0. The number of halogens is 1. The van der Waals surface area contributed by atoms with Gasteiger partial charge in [-0.15, -0.1) is 0 Å². The van der Waals surface area contributed by atoms with Gasteiger partial charge in [0.05, 0.1) is 15.6 Å². The fourth-order valence-electron chi connectivity index (χ4n) is 0.931. The van der Waals surface area contributed by atoms with E-state index in [1.807, 2.05) is 0 Å². The van der Waals surface area contributed by atoms with Crippen LogP contribution in [-0.2, 0) is 20.2 Å². The number of benzene rings is 1. The van der Waals surface area contributed by atoms with E-state index in [4.69, 9.17) is 26.4 Å². The zero-order valence-corrected chi connectivity index (χ0v) is 9.84. The van der Waals surface area contributed by atoms with E-state index in [-0.39, 0.29) is 0 Å². The van der Waals surface area contributed by atoms with Crippen LogP contribution < -0.4 is 5.73 Å². The van der Waals surface area contributed by atoms with Crippen molar-refractivity contribution in [1.82, 2.24) is 0 Å². The predicted molar refractivity (Wildman–Crippen MR) is 55.5 cm³/mol. The molecule has 0 radical (unpaired) electrons. The zero-order valence-electron chi connectivity index (χ0n) is 7.45. The van der Waals surface area contributed by atoms with Gasteiger partial charge in [-0.1, -0.05) is 11.6 Å². The summed E-state index contributed by atoms with van der Waals surface area (Å²) >= 11 is 5.45. The molecule has 0 saturated carbocycles. The Morgan fingerprint density at radius 2 is 1.56 bits per heavy atom. The summed E-state index contributed by atoms with van der Waals surface area (Å²) in [7, 11) is -9.36. The molecule has 0 aliphatic heterocycles. The molecule has 16 heavy (non-hydrogen) atoms. The van der Waals surface area contributed by atoms with Crippen LogP contribution in [0.5, 0.6) is 0 Å². The van der Waals surface area contributed by atoms with Gasteiger partial charge in [-0.3, -0.25) is 9.11 Å². The van der Waals surface area contributed by atoms with E-state index in [2.05, 4.69) is 0 Å². The maximum atomic E-state index is 10.8. The molecule has 1 rings (SSSR count). The average molecular weight is 288 g/mol. The van der Waals surface area contributed by atoms with E-state index in [1.165, 1.54) is 0 Å². The summed E-state index contributed by atoms with van der Waals surface area (Å²) in [5, 5.41) is -0.414. The third-order valence-corrected chi connectivity index (χ3v) is 3.68. The molecule has 1 aromatic rings. The SMILES string of the molecule is Nc1c(Cl)cc(S(=O)(=O)O)cc1S(=O)(=O)O.